The molecule has 1 aliphatic heterocycles. The third-order valence-electron chi connectivity index (χ3n) is 4.77. The Morgan fingerprint density at radius 1 is 1.33 bits per heavy atom. The Labute approximate surface area is 156 Å². The molecule has 0 bridgehead atoms. The highest BCUT2D eigenvalue weighted by molar-refractivity contribution is 6.01. The molecule has 3 unspecified atom stereocenters. The van der Waals surface area contributed by atoms with Crippen molar-refractivity contribution in [2.24, 2.45) is 11.1 Å². The molecule has 1 saturated heterocycles. The highest BCUT2D eigenvalue weighted by Crippen LogP contribution is 2.31. The number of aromatic nitrogens is 1. The van der Waals surface area contributed by atoms with Crippen LogP contribution in [-0.4, -0.2) is 34.4 Å². The molecule has 3 rings (SSSR count). The van der Waals surface area contributed by atoms with E-state index in [4.69, 9.17) is 5.73 Å². The van der Waals surface area contributed by atoms with E-state index in [1.165, 1.54) is 0 Å². The van der Waals surface area contributed by atoms with Gasteiger partial charge in [-0.1, -0.05) is 35.5 Å². The van der Waals surface area contributed by atoms with E-state index in [1.807, 2.05) is 37.3 Å². The molecule has 2 heterocycles. The van der Waals surface area contributed by atoms with Crippen molar-refractivity contribution in [3.63, 3.8) is 0 Å². The summed E-state index contributed by atoms with van der Waals surface area (Å²) in [6.45, 7) is 1.70. The molecule has 1 fully saturated rings. The van der Waals surface area contributed by atoms with Gasteiger partial charge in [0.2, 0.25) is 5.91 Å². The maximum atomic E-state index is 12.6. The number of imide groups is 1. The Kier molecular flexibility index (Phi) is 5.44. The molecular weight excluding hydrogens is 346 g/mol. The van der Waals surface area contributed by atoms with Crippen molar-refractivity contribution in [3.05, 3.63) is 64.7 Å². The predicted octanol–water partition coefficient (Wildman–Crippen LogP) is 2.27. The summed E-state index contributed by atoms with van der Waals surface area (Å²) in [5.41, 5.74) is 7.42. The molecule has 8 nitrogen and oxygen atoms in total. The van der Waals surface area contributed by atoms with Crippen LogP contribution in [0.1, 0.15) is 24.1 Å². The largest absolute Gasteiger partial charge is 0.384 e. The van der Waals surface area contributed by atoms with E-state index in [0.717, 1.165) is 16.0 Å². The number of hydrogen-bond donors (Lipinski definition) is 2. The van der Waals surface area contributed by atoms with E-state index >= 15 is 0 Å². The molecule has 0 saturated carbocycles. The lowest BCUT2D eigenvalue weighted by Gasteiger charge is -2.44. The first-order chi connectivity index (χ1) is 13.0. The van der Waals surface area contributed by atoms with Crippen molar-refractivity contribution in [1.82, 2.24) is 15.2 Å². The Morgan fingerprint density at radius 3 is 2.74 bits per heavy atom. The first-order valence-electron chi connectivity index (χ1n) is 8.69. The molecular formula is C19H21N5O3. The van der Waals surface area contributed by atoms with E-state index in [1.54, 1.807) is 18.3 Å². The van der Waals surface area contributed by atoms with Crippen LogP contribution in [0.3, 0.4) is 0 Å². The maximum absolute atomic E-state index is 12.6. The van der Waals surface area contributed by atoms with Gasteiger partial charge >= 0.3 is 6.03 Å². The van der Waals surface area contributed by atoms with Crippen LogP contribution in [-0.2, 0) is 11.2 Å². The molecule has 2 aromatic rings. The van der Waals surface area contributed by atoms with Crippen LogP contribution in [0.25, 0.3) is 0 Å². The van der Waals surface area contributed by atoms with Crippen LogP contribution in [0, 0.1) is 10.8 Å². The second kappa shape index (κ2) is 7.94. The van der Waals surface area contributed by atoms with Crippen LogP contribution in [0.4, 0.5) is 10.6 Å². The minimum Gasteiger partial charge on any atom is -0.384 e. The summed E-state index contributed by atoms with van der Waals surface area (Å²) < 4.78 is 0. The lowest BCUT2D eigenvalue weighted by Crippen LogP contribution is -2.67. The monoisotopic (exact) mass is 367 g/mol. The highest BCUT2D eigenvalue weighted by Gasteiger charge is 2.50. The molecule has 140 valence electrons. The fourth-order valence-electron chi connectivity index (χ4n) is 3.32. The van der Waals surface area contributed by atoms with E-state index in [2.05, 4.69) is 15.5 Å². The topological polar surface area (TPSA) is 118 Å². The number of rotatable bonds is 6. The number of pyridine rings is 1. The number of nitrogens with one attached hydrogen (secondary N) is 1. The Bertz CT molecular complexity index is 842. The van der Waals surface area contributed by atoms with Crippen LogP contribution in [0.15, 0.2) is 53.8 Å². The number of carbonyl (C=O) groups excluding carboxylic acids is 2. The number of carbonyl (C=O) groups is 2. The van der Waals surface area contributed by atoms with Gasteiger partial charge in [0.05, 0.1) is 18.0 Å². The zero-order valence-electron chi connectivity index (χ0n) is 14.9. The highest BCUT2D eigenvalue weighted by atomic mass is 16.3. The summed E-state index contributed by atoms with van der Waals surface area (Å²) in [7, 11) is 0. The number of nitroso groups, excluding NO2 is 1. The second-order valence-corrected chi connectivity index (χ2v) is 6.57. The number of anilines is 1. The first kappa shape index (κ1) is 18.5. The molecule has 1 aliphatic rings. The van der Waals surface area contributed by atoms with Gasteiger partial charge in [-0.15, -0.1) is 0 Å². The van der Waals surface area contributed by atoms with Crippen LogP contribution in [0.2, 0.25) is 0 Å². The molecule has 3 N–H and O–H groups in total. The van der Waals surface area contributed by atoms with Crippen molar-refractivity contribution >= 4 is 17.8 Å². The van der Waals surface area contributed by atoms with Gasteiger partial charge in [-0.25, -0.2) is 9.78 Å². The summed E-state index contributed by atoms with van der Waals surface area (Å²) in [4.78, 5) is 41.0. The van der Waals surface area contributed by atoms with E-state index < -0.39 is 18.0 Å². The van der Waals surface area contributed by atoms with E-state index in [-0.39, 0.29) is 18.5 Å². The maximum Gasteiger partial charge on any atom is 0.324 e. The van der Waals surface area contributed by atoms with E-state index in [0.29, 0.717) is 12.2 Å². The van der Waals surface area contributed by atoms with Gasteiger partial charge < -0.3 is 11.1 Å². The molecule has 3 atom stereocenters. The predicted molar refractivity (Wildman–Crippen MR) is 101 cm³/mol. The number of nitrogens with two attached hydrogens (primary N) is 1. The van der Waals surface area contributed by atoms with Crippen molar-refractivity contribution in [2.45, 2.75) is 25.4 Å². The lowest BCUT2D eigenvalue weighted by atomic mass is 9.82. The van der Waals surface area contributed by atoms with Crippen molar-refractivity contribution < 1.29 is 9.59 Å². The average Bonchev–Trinajstić information content (AvgIpc) is 2.66. The second-order valence-electron chi connectivity index (χ2n) is 6.57. The molecule has 8 heteroatoms. The van der Waals surface area contributed by atoms with Gasteiger partial charge in [0.15, 0.2) is 0 Å². The van der Waals surface area contributed by atoms with Crippen molar-refractivity contribution in [1.29, 1.82) is 0 Å². The molecule has 1 aromatic heterocycles. The van der Waals surface area contributed by atoms with Gasteiger partial charge in [0, 0.05) is 6.20 Å². The van der Waals surface area contributed by atoms with E-state index in [9.17, 15) is 14.5 Å². The minimum absolute atomic E-state index is 0.135. The quantitative estimate of drug-likeness (QED) is 0.600. The Balaban J connectivity index is 1.69. The zero-order chi connectivity index (χ0) is 19.4. The number of hydrogen-bond acceptors (Lipinski definition) is 6. The Morgan fingerprint density at radius 2 is 2.07 bits per heavy atom. The van der Waals surface area contributed by atoms with Gasteiger partial charge in [-0.3, -0.25) is 9.69 Å². The van der Waals surface area contributed by atoms with Gasteiger partial charge in [0.1, 0.15) is 12.4 Å². The number of likely N-dealkylation sites (tertiary alicyclic amines) is 1. The fourth-order valence-corrected chi connectivity index (χ4v) is 3.32. The summed E-state index contributed by atoms with van der Waals surface area (Å²) in [5, 5.41) is 5.71. The molecule has 3 amide bonds. The SMILES string of the molecule is CC(NC(=O)N1C(=O)C(Cc2ccnc(N)c2)C1CN=O)c1ccccc1. The lowest BCUT2D eigenvalue weighted by molar-refractivity contribution is -0.149. The van der Waals surface area contributed by atoms with Crippen molar-refractivity contribution in [2.75, 3.05) is 12.3 Å². The molecule has 0 spiro atoms. The summed E-state index contributed by atoms with van der Waals surface area (Å²) in [6.07, 6.45) is 1.94. The fraction of sp³-hybridized carbons (Fsp3) is 0.316. The number of nitrogen functional groups attached to an aromatic ring is 1. The normalized spacial score (nSPS) is 19.9. The third-order valence-corrected chi connectivity index (χ3v) is 4.77. The zero-order valence-corrected chi connectivity index (χ0v) is 14.9. The van der Waals surface area contributed by atoms with Gasteiger partial charge in [-0.2, -0.15) is 4.91 Å². The van der Waals surface area contributed by atoms with Crippen LogP contribution in [0.5, 0.6) is 0 Å². The van der Waals surface area contributed by atoms with Crippen LogP contribution < -0.4 is 11.1 Å². The van der Waals surface area contributed by atoms with Gasteiger partial charge in [-0.05, 0) is 36.6 Å². The molecule has 1 aromatic carbocycles. The summed E-state index contributed by atoms with van der Waals surface area (Å²) >= 11 is 0. The van der Waals surface area contributed by atoms with Crippen LogP contribution >= 0.6 is 0 Å². The number of amides is 3. The molecule has 27 heavy (non-hydrogen) atoms. The average molecular weight is 367 g/mol. The smallest absolute Gasteiger partial charge is 0.324 e. The Hall–Kier alpha value is -3.29. The van der Waals surface area contributed by atoms with Crippen molar-refractivity contribution in [3.8, 4) is 0 Å². The molecule has 0 radical (unpaired) electrons. The summed E-state index contributed by atoms with van der Waals surface area (Å²) in [5.74, 6) is -0.449. The third kappa shape index (κ3) is 3.94. The first-order valence-corrected chi connectivity index (χ1v) is 8.69. The number of β-lactam (4-membered cyclic amide) rings is 1. The number of benzene rings is 1. The van der Waals surface area contributed by atoms with Gasteiger partial charge in [0.25, 0.3) is 0 Å². The standard InChI is InChI=1S/C19H21N5O3/c1-12(14-5-3-2-4-6-14)23-19(26)24-16(11-22-27)15(18(24)25)9-13-7-8-21-17(20)10-13/h2-8,10,12,15-16H,9,11H2,1H3,(H2,20,21)(H,23,26). The molecule has 0 aliphatic carbocycles. The minimum atomic E-state index is -0.563. The number of nitrogens with zero attached hydrogens (tertiary/aromatic N) is 3. The number of urea groups is 1. The summed E-state index contributed by atoms with van der Waals surface area (Å²) in [6, 6.07) is 11.5.